The Bertz CT molecular complexity index is 1500. The van der Waals surface area contributed by atoms with Crippen molar-refractivity contribution in [1.29, 1.82) is 0 Å². The first-order valence-electron chi connectivity index (χ1n) is 14.2. The summed E-state index contributed by atoms with van der Waals surface area (Å²) in [6, 6.07) is 16.0. The van der Waals surface area contributed by atoms with Crippen LogP contribution in [0.4, 0.5) is 0 Å². The topological polar surface area (TPSA) is 160 Å². The second-order valence-electron chi connectivity index (χ2n) is 10.6. The number of hydrogen-bond donors (Lipinski definition) is 3. The van der Waals surface area contributed by atoms with Gasteiger partial charge in [-0.2, -0.15) is 0 Å². The van der Waals surface area contributed by atoms with Crippen molar-refractivity contribution in [3.63, 3.8) is 0 Å². The Kier molecular flexibility index (Phi) is 19.2. The number of carbonyl (C=O) groups excluding carboxylic acids is 2. The van der Waals surface area contributed by atoms with E-state index in [-0.39, 0.29) is 52.4 Å². The zero-order valence-electron chi connectivity index (χ0n) is 26.1. The van der Waals surface area contributed by atoms with Crippen LogP contribution in [0, 0.1) is 0 Å². The van der Waals surface area contributed by atoms with Crippen LogP contribution in [-0.4, -0.2) is 59.9 Å². The first kappa shape index (κ1) is 43.4. The molecule has 0 saturated heterocycles. The Labute approximate surface area is 319 Å². The van der Waals surface area contributed by atoms with Gasteiger partial charge in [0.2, 0.25) is 0 Å². The van der Waals surface area contributed by atoms with Gasteiger partial charge in [-0.3, -0.25) is 0 Å². The molecule has 3 fully saturated rings. The number of ether oxygens (including phenoxy) is 2. The number of aromatic carboxylic acids is 1. The molecule has 0 heterocycles. The molecule has 0 spiro atoms. The number of benzene rings is 3. The van der Waals surface area contributed by atoms with Gasteiger partial charge in [-0.05, 0) is 94.7 Å². The van der Waals surface area contributed by atoms with Crippen molar-refractivity contribution >= 4 is 75.8 Å². The van der Waals surface area contributed by atoms with Gasteiger partial charge >= 0.3 is 54.6 Å². The number of carbonyl (C=O) groups is 3. The number of halogens is 4. The molecule has 3 aliphatic rings. The summed E-state index contributed by atoms with van der Waals surface area (Å²) in [6.07, 6.45) is 6.45. The largest absolute Gasteiger partial charge is 1.00 e. The van der Waals surface area contributed by atoms with Crippen molar-refractivity contribution in [2.75, 3.05) is 14.2 Å². The van der Waals surface area contributed by atoms with Gasteiger partial charge in [0.1, 0.15) is 0 Å². The minimum atomic E-state index is -1.04. The van der Waals surface area contributed by atoms with Crippen LogP contribution in [-0.2, 0) is 9.47 Å². The maximum Gasteiger partial charge on any atom is 1.00 e. The number of hydrogen-bond acceptors (Lipinski definition) is 8. The van der Waals surface area contributed by atoms with Gasteiger partial charge in [-0.25, -0.2) is 14.4 Å². The molecule has 47 heavy (non-hydrogen) atoms. The van der Waals surface area contributed by atoms with E-state index in [4.69, 9.17) is 54.7 Å². The molecule has 3 aliphatic carbocycles. The van der Waals surface area contributed by atoms with Crippen LogP contribution in [0.1, 0.15) is 92.6 Å². The molecule has 3 saturated carbocycles. The van der Waals surface area contributed by atoms with Crippen LogP contribution in [0.25, 0.3) is 0 Å². The molecule has 0 unspecified atom stereocenters. The van der Waals surface area contributed by atoms with Crippen LogP contribution >= 0.6 is 50.7 Å². The molecule has 3 aromatic carbocycles. The second-order valence-corrected chi connectivity index (χ2v) is 12.7. The molecule has 0 aliphatic heterocycles. The number of rotatable bonds is 6. The minimum absolute atomic E-state index is 0. The summed E-state index contributed by atoms with van der Waals surface area (Å²) in [6.45, 7) is 0. The molecule has 248 valence electrons. The van der Waals surface area contributed by atoms with Crippen LogP contribution in [0.3, 0.4) is 0 Å². The Hall–Kier alpha value is -1.64. The number of carboxylic acids is 1. The van der Waals surface area contributed by atoms with Gasteiger partial charge in [0.05, 0.1) is 46.0 Å². The van der Waals surface area contributed by atoms with Crippen molar-refractivity contribution in [2.24, 2.45) is 0 Å². The van der Waals surface area contributed by atoms with Crippen molar-refractivity contribution in [3.8, 4) is 0 Å². The van der Waals surface area contributed by atoms with E-state index in [0.717, 1.165) is 49.7 Å². The Balaban J connectivity index is 0.000000319. The third-order valence-corrected chi connectivity index (χ3v) is 8.73. The van der Waals surface area contributed by atoms with E-state index in [1.165, 1.54) is 14.2 Å². The predicted molar refractivity (Wildman–Crippen MR) is 181 cm³/mol. The summed E-state index contributed by atoms with van der Waals surface area (Å²) in [5.41, 5.74) is 3.11. The van der Waals surface area contributed by atoms with E-state index < -0.39 is 19.1 Å². The monoisotopic (exact) mass is 780 g/mol. The minimum Gasteiger partial charge on any atom is -0.870 e. The number of esters is 2. The SMILES string of the molecule is COC(=O)c1c(Cl)cccc1Br.COC(=O)c1c(Cl)cccc1C1CC1.O=C(O)c1c(Cl)cccc1C1CC1.OB(O)C1CC1.[Na+].[OH-]. The Morgan fingerprint density at radius 2 is 1.09 bits per heavy atom. The van der Waals surface area contributed by atoms with E-state index in [0.29, 0.717) is 42.5 Å². The molecule has 0 bridgehead atoms. The molecule has 15 heteroatoms. The molecule has 0 amide bonds. The molecule has 0 radical (unpaired) electrons. The first-order chi connectivity index (χ1) is 21.4. The van der Waals surface area contributed by atoms with Crippen LogP contribution in [0.5, 0.6) is 0 Å². The fourth-order valence-electron chi connectivity index (χ4n) is 4.28. The molecule has 0 atom stereocenters. The molecule has 6 rings (SSSR count). The summed E-state index contributed by atoms with van der Waals surface area (Å²) >= 11 is 20.8. The maximum absolute atomic E-state index is 11.5. The van der Waals surface area contributed by atoms with E-state index in [1.807, 2.05) is 24.3 Å². The average molecular weight is 783 g/mol. The normalized spacial score (nSPS) is 14.0. The third-order valence-electron chi connectivity index (χ3n) is 7.13. The van der Waals surface area contributed by atoms with Gasteiger partial charge in [0.15, 0.2) is 0 Å². The number of methoxy groups -OCH3 is 2. The first-order valence-corrected chi connectivity index (χ1v) is 16.1. The average Bonchev–Trinajstić information content (AvgIpc) is 3.84. The molecule has 3 aromatic rings. The van der Waals surface area contributed by atoms with Gasteiger partial charge in [-0.15, -0.1) is 0 Å². The van der Waals surface area contributed by atoms with Gasteiger partial charge in [0.25, 0.3) is 0 Å². The third kappa shape index (κ3) is 13.3. The Morgan fingerprint density at radius 3 is 1.43 bits per heavy atom. The summed E-state index contributed by atoms with van der Waals surface area (Å²) < 4.78 is 9.90. The van der Waals surface area contributed by atoms with Crippen molar-refractivity contribution < 1.29 is 74.0 Å². The van der Waals surface area contributed by atoms with E-state index in [9.17, 15) is 14.4 Å². The molecular weight excluding hydrogens is 748 g/mol. The fourth-order valence-corrected chi connectivity index (χ4v) is 5.70. The molecule has 4 N–H and O–H groups in total. The van der Waals surface area contributed by atoms with Crippen molar-refractivity contribution in [1.82, 2.24) is 0 Å². The van der Waals surface area contributed by atoms with Crippen LogP contribution < -0.4 is 29.6 Å². The summed E-state index contributed by atoms with van der Waals surface area (Å²) in [5.74, 6) is -0.560. The summed E-state index contributed by atoms with van der Waals surface area (Å²) in [4.78, 5) is 33.5. The zero-order chi connectivity index (χ0) is 33.3. The van der Waals surface area contributed by atoms with E-state index in [2.05, 4.69) is 20.7 Å². The Morgan fingerprint density at radius 1 is 0.702 bits per heavy atom. The molecule has 0 aromatic heterocycles. The van der Waals surface area contributed by atoms with E-state index >= 15 is 0 Å². The van der Waals surface area contributed by atoms with Gasteiger partial charge in [0, 0.05) is 4.47 Å². The van der Waals surface area contributed by atoms with Gasteiger partial charge < -0.3 is 30.1 Å². The van der Waals surface area contributed by atoms with Crippen molar-refractivity contribution in [2.45, 2.75) is 56.2 Å². The van der Waals surface area contributed by atoms with E-state index in [1.54, 1.807) is 30.3 Å². The zero-order valence-corrected chi connectivity index (χ0v) is 31.9. The van der Waals surface area contributed by atoms with Gasteiger partial charge in [-0.1, -0.05) is 78.0 Å². The van der Waals surface area contributed by atoms with Crippen molar-refractivity contribution in [3.05, 3.63) is 102 Å². The molecular formula is C32H34BBrCl3NaO9. The van der Waals surface area contributed by atoms with Crippen LogP contribution in [0.15, 0.2) is 59.1 Å². The number of carboxylic acid groups (broad SMARTS) is 1. The maximum atomic E-state index is 11.5. The fraction of sp³-hybridized carbons (Fsp3) is 0.344. The smallest absolute Gasteiger partial charge is 0.870 e. The standard InChI is InChI=1S/C11H11ClO2.C10H9ClO2.C8H6BrClO2.C3H7BO2.Na.H2O/c1-14-11(13)10-8(7-5-6-7)3-2-4-9(10)12;11-8-3-1-2-7(6-4-5-6)9(8)10(12)13;1-12-8(11)7-5(9)3-2-4-6(7)10;5-4(6)3-1-2-3;;/h2-4,7H,5-6H2,1H3;1-3,6H,4-5H2,(H,12,13);2-4H,1H3;3,5-6H,1-2H2;;1H2/q;;;;+1;/p-1. The summed E-state index contributed by atoms with van der Waals surface area (Å²) in [5, 5.41) is 26.7. The van der Waals surface area contributed by atoms with Crippen LogP contribution in [0.2, 0.25) is 20.9 Å². The second kappa shape index (κ2) is 20.8. The quantitative estimate of drug-likeness (QED) is 0.224. The predicted octanol–water partition coefficient (Wildman–Crippen LogP) is 5.26. The molecule has 9 nitrogen and oxygen atoms in total. The summed E-state index contributed by atoms with van der Waals surface area (Å²) in [7, 11) is 1.66.